The molecule has 15 heavy (non-hydrogen) atoms. The highest BCUT2D eigenvalue weighted by molar-refractivity contribution is 5.33. The normalized spacial score (nSPS) is 22.9. The molecule has 82 valence electrons. The van der Waals surface area contributed by atoms with Gasteiger partial charge in [0.1, 0.15) is 0 Å². The minimum absolute atomic E-state index is 0.696. The van der Waals surface area contributed by atoms with E-state index in [0.717, 1.165) is 12.5 Å². The van der Waals surface area contributed by atoms with E-state index >= 15 is 0 Å². The molecule has 0 amide bonds. The van der Waals surface area contributed by atoms with Crippen molar-refractivity contribution < 1.29 is 0 Å². The molecule has 1 fully saturated rings. The van der Waals surface area contributed by atoms with Crippen LogP contribution in [0.5, 0.6) is 0 Å². The molecular formula is C14H21N. The Hall–Kier alpha value is -0.820. The van der Waals surface area contributed by atoms with Crippen LogP contribution in [0.15, 0.2) is 24.3 Å². The topological polar surface area (TPSA) is 12.0 Å². The van der Waals surface area contributed by atoms with Gasteiger partial charge in [-0.05, 0) is 42.3 Å². The van der Waals surface area contributed by atoms with Crippen LogP contribution in [0, 0.1) is 0 Å². The molecule has 1 heteroatoms. The standard InChI is InChI=1S/C14H21N/c1-3-11(2)13-6-4-5-7-14(13)12-8-9-15-10-12/h4-7,11-12,15H,3,8-10H2,1-2H3. The van der Waals surface area contributed by atoms with E-state index in [4.69, 9.17) is 0 Å². The number of hydrogen-bond acceptors (Lipinski definition) is 1. The van der Waals surface area contributed by atoms with Crippen molar-refractivity contribution in [3.05, 3.63) is 35.4 Å². The van der Waals surface area contributed by atoms with Gasteiger partial charge >= 0.3 is 0 Å². The molecule has 1 aromatic carbocycles. The summed E-state index contributed by atoms with van der Waals surface area (Å²) >= 11 is 0. The molecule has 2 atom stereocenters. The lowest BCUT2D eigenvalue weighted by molar-refractivity contribution is 0.688. The number of hydrogen-bond donors (Lipinski definition) is 1. The van der Waals surface area contributed by atoms with Gasteiger partial charge in [-0.3, -0.25) is 0 Å². The summed E-state index contributed by atoms with van der Waals surface area (Å²) in [6.45, 7) is 6.95. The lowest BCUT2D eigenvalue weighted by Crippen LogP contribution is -2.10. The van der Waals surface area contributed by atoms with Crippen LogP contribution in [0.25, 0.3) is 0 Å². The van der Waals surface area contributed by atoms with Crippen molar-refractivity contribution in [1.82, 2.24) is 5.32 Å². The van der Waals surface area contributed by atoms with Gasteiger partial charge in [-0.25, -0.2) is 0 Å². The molecule has 1 nitrogen and oxygen atoms in total. The fraction of sp³-hybridized carbons (Fsp3) is 0.571. The van der Waals surface area contributed by atoms with Crippen LogP contribution in [-0.2, 0) is 0 Å². The van der Waals surface area contributed by atoms with Crippen LogP contribution in [0.3, 0.4) is 0 Å². The molecule has 1 aliphatic rings. The van der Waals surface area contributed by atoms with Crippen LogP contribution in [0.4, 0.5) is 0 Å². The molecule has 0 spiro atoms. The Balaban J connectivity index is 2.28. The monoisotopic (exact) mass is 203 g/mol. The van der Waals surface area contributed by atoms with E-state index < -0.39 is 0 Å². The minimum atomic E-state index is 0.696. The molecular weight excluding hydrogens is 182 g/mol. The number of benzene rings is 1. The van der Waals surface area contributed by atoms with Gasteiger partial charge in [0, 0.05) is 6.54 Å². The van der Waals surface area contributed by atoms with Crippen LogP contribution in [0.2, 0.25) is 0 Å². The van der Waals surface area contributed by atoms with E-state index in [2.05, 4.69) is 43.4 Å². The second-order valence-corrected chi connectivity index (χ2v) is 4.63. The van der Waals surface area contributed by atoms with Crippen molar-refractivity contribution in [2.45, 2.75) is 38.5 Å². The third-order valence-electron chi connectivity index (χ3n) is 3.64. The van der Waals surface area contributed by atoms with Crippen molar-refractivity contribution in [3.63, 3.8) is 0 Å². The summed E-state index contributed by atoms with van der Waals surface area (Å²) in [7, 11) is 0. The molecule has 1 aromatic rings. The third-order valence-corrected chi connectivity index (χ3v) is 3.64. The van der Waals surface area contributed by atoms with E-state index in [9.17, 15) is 0 Å². The Bertz CT molecular complexity index is 313. The van der Waals surface area contributed by atoms with E-state index in [0.29, 0.717) is 5.92 Å². The maximum atomic E-state index is 3.45. The van der Waals surface area contributed by atoms with Gasteiger partial charge in [0.15, 0.2) is 0 Å². The average Bonchev–Trinajstić information content (AvgIpc) is 2.81. The summed E-state index contributed by atoms with van der Waals surface area (Å²) in [5, 5.41) is 3.45. The molecule has 0 saturated carbocycles. The molecule has 1 N–H and O–H groups in total. The molecule has 0 radical (unpaired) electrons. The molecule has 0 aliphatic carbocycles. The average molecular weight is 203 g/mol. The zero-order chi connectivity index (χ0) is 10.7. The summed E-state index contributed by atoms with van der Waals surface area (Å²) in [5.74, 6) is 1.44. The zero-order valence-electron chi connectivity index (χ0n) is 9.79. The van der Waals surface area contributed by atoms with Gasteiger partial charge in [-0.2, -0.15) is 0 Å². The van der Waals surface area contributed by atoms with E-state index in [1.54, 1.807) is 11.1 Å². The Kier molecular flexibility index (Phi) is 3.42. The first-order chi connectivity index (χ1) is 7.33. The SMILES string of the molecule is CCC(C)c1ccccc1C1CCNC1. The van der Waals surface area contributed by atoms with Crippen LogP contribution < -0.4 is 5.32 Å². The molecule has 0 bridgehead atoms. The van der Waals surface area contributed by atoms with Gasteiger partial charge in [0.2, 0.25) is 0 Å². The summed E-state index contributed by atoms with van der Waals surface area (Å²) < 4.78 is 0. The summed E-state index contributed by atoms with van der Waals surface area (Å²) in [6, 6.07) is 8.98. The molecule has 2 unspecified atom stereocenters. The lowest BCUT2D eigenvalue weighted by Gasteiger charge is -2.18. The first-order valence-electron chi connectivity index (χ1n) is 6.12. The van der Waals surface area contributed by atoms with Crippen LogP contribution >= 0.6 is 0 Å². The van der Waals surface area contributed by atoms with E-state index in [-0.39, 0.29) is 0 Å². The van der Waals surface area contributed by atoms with Crippen molar-refractivity contribution in [1.29, 1.82) is 0 Å². The molecule has 1 heterocycles. The molecule has 2 rings (SSSR count). The van der Waals surface area contributed by atoms with Crippen molar-refractivity contribution in [2.75, 3.05) is 13.1 Å². The Morgan fingerprint density at radius 1 is 1.40 bits per heavy atom. The Labute approximate surface area is 92.9 Å². The first-order valence-corrected chi connectivity index (χ1v) is 6.12. The second kappa shape index (κ2) is 4.80. The van der Waals surface area contributed by atoms with Crippen LogP contribution in [0.1, 0.15) is 49.7 Å². The van der Waals surface area contributed by atoms with Crippen LogP contribution in [-0.4, -0.2) is 13.1 Å². The fourth-order valence-electron chi connectivity index (χ4n) is 2.47. The largest absolute Gasteiger partial charge is 0.316 e. The quantitative estimate of drug-likeness (QED) is 0.795. The highest BCUT2D eigenvalue weighted by Gasteiger charge is 2.20. The Morgan fingerprint density at radius 2 is 2.20 bits per heavy atom. The summed E-state index contributed by atoms with van der Waals surface area (Å²) in [4.78, 5) is 0. The fourth-order valence-corrected chi connectivity index (χ4v) is 2.47. The highest BCUT2D eigenvalue weighted by Crippen LogP contribution is 2.31. The summed E-state index contributed by atoms with van der Waals surface area (Å²) in [5.41, 5.74) is 3.14. The van der Waals surface area contributed by atoms with E-state index in [1.807, 2.05) is 0 Å². The van der Waals surface area contributed by atoms with Crippen molar-refractivity contribution in [2.24, 2.45) is 0 Å². The predicted octanol–water partition coefficient (Wildman–Crippen LogP) is 3.28. The smallest absolute Gasteiger partial charge is 0.00207 e. The highest BCUT2D eigenvalue weighted by atomic mass is 14.9. The molecule has 1 saturated heterocycles. The first kappa shape index (κ1) is 10.7. The third kappa shape index (κ3) is 2.23. The van der Waals surface area contributed by atoms with E-state index in [1.165, 1.54) is 19.4 Å². The predicted molar refractivity (Wildman–Crippen MR) is 65.4 cm³/mol. The maximum Gasteiger partial charge on any atom is 0.00207 e. The van der Waals surface area contributed by atoms with Crippen molar-refractivity contribution in [3.8, 4) is 0 Å². The van der Waals surface area contributed by atoms with Gasteiger partial charge in [0.05, 0.1) is 0 Å². The summed E-state index contributed by atoms with van der Waals surface area (Å²) in [6.07, 6.45) is 2.53. The Morgan fingerprint density at radius 3 is 2.87 bits per heavy atom. The molecule has 0 aromatic heterocycles. The zero-order valence-corrected chi connectivity index (χ0v) is 9.79. The number of nitrogens with one attached hydrogen (secondary N) is 1. The minimum Gasteiger partial charge on any atom is -0.316 e. The maximum absolute atomic E-state index is 3.45. The van der Waals surface area contributed by atoms with Gasteiger partial charge in [0.25, 0.3) is 0 Å². The lowest BCUT2D eigenvalue weighted by atomic mass is 9.87. The van der Waals surface area contributed by atoms with Crippen molar-refractivity contribution >= 4 is 0 Å². The van der Waals surface area contributed by atoms with Gasteiger partial charge in [-0.1, -0.05) is 38.1 Å². The van der Waals surface area contributed by atoms with Gasteiger partial charge < -0.3 is 5.32 Å². The number of rotatable bonds is 3. The second-order valence-electron chi connectivity index (χ2n) is 4.63. The molecule has 1 aliphatic heterocycles. The van der Waals surface area contributed by atoms with Gasteiger partial charge in [-0.15, -0.1) is 0 Å².